The number of halogens is 3. The first kappa shape index (κ1) is 26.0. The van der Waals surface area contributed by atoms with E-state index < -0.39 is 22.9 Å². The second kappa shape index (κ2) is 11.3. The summed E-state index contributed by atoms with van der Waals surface area (Å²) in [5, 5.41) is 4.50. The second-order valence-electron chi connectivity index (χ2n) is 8.23. The summed E-state index contributed by atoms with van der Waals surface area (Å²) in [6.45, 7) is 1.86. The van der Waals surface area contributed by atoms with Crippen molar-refractivity contribution in [2.24, 2.45) is 0 Å². The van der Waals surface area contributed by atoms with Crippen molar-refractivity contribution in [3.05, 3.63) is 125 Å². The van der Waals surface area contributed by atoms with Gasteiger partial charge in [-0.15, -0.1) is 11.8 Å². The first-order valence-electron chi connectivity index (χ1n) is 11.4. The highest BCUT2D eigenvalue weighted by atomic mass is 32.2. The van der Waals surface area contributed by atoms with Gasteiger partial charge in [0.2, 0.25) is 5.91 Å². The van der Waals surface area contributed by atoms with Gasteiger partial charge in [0, 0.05) is 16.1 Å². The van der Waals surface area contributed by atoms with Gasteiger partial charge in [0.05, 0.1) is 11.3 Å². The molecule has 0 aliphatic rings. The lowest BCUT2D eigenvalue weighted by Gasteiger charge is -2.19. The second-order valence-corrected chi connectivity index (χ2v) is 9.41. The van der Waals surface area contributed by atoms with Crippen LogP contribution in [0.4, 0.5) is 24.5 Å². The molecule has 0 saturated heterocycles. The van der Waals surface area contributed by atoms with Crippen LogP contribution in [-0.4, -0.2) is 11.8 Å². The number of carbonyl (C=O) groups excluding carboxylic acids is 2. The predicted molar refractivity (Wildman–Crippen MR) is 141 cm³/mol. The minimum absolute atomic E-state index is 0.233. The van der Waals surface area contributed by atoms with Crippen LogP contribution in [0.3, 0.4) is 0 Å². The van der Waals surface area contributed by atoms with E-state index in [1.807, 2.05) is 19.1 Å². The molecule has 1 unspecified atom stereocenters. The van der Waals surface area contributed by atoms with Crippen LogP contribution in [0.2, 0.25) is 0 Å². The van der Waals surface area contributed by atoms with Crippen LogP contribution in [0, 0.1) is 6.92 Å². The summed E-state index contributed by atoms with van der Waals surface area (Å²) < 4.78 is 40.3. The van der Waals surface area contributed by atoms with E-state index >= 15 is 0 Å². The quantitative estimate of drug-likeness (QED) is 0.245. The van der Waals surface area contributed by atoms with Gasteiger partial charge in [-0.1, -0.05) is 60.7 Å². The van der Waals surface area contributed by atoms with Crippen molar-refractivity contribution in [3.63, 3.8) is 0 Å². The summed E-state index contributed by atoms with van der Waals surface area (Å²) in [6, 6.07) is 27.9. The van der Waals surface area contributed by atoms with E-state index in [1.165, 1.54) is 30.0 Å². The van der Waals surface area contributed by atoms with E-state index in [-0.39, 0.29) is 11.6 Å². The van der Waals surface area contributed by atoms with Crippen LogP contribution in [0.15, 0.2) is 108 Å². The number of alkyl halides is 3. The smallest absolute Gasteiger partial charge is 0.324 e. The van der Waals surface area contributed by atoms with Crippen molar-refractivity contribution in [2.45, 2.75) is 23.2 Å². The Hall–Kier alpha value is -4.04. The maximum Gasteiger partial charge on any atom is 0.418 e. The van der Waals surface area contributed by atoms with Crippen molar-refractivity contribution in [1.82, 2.24) is 0 Å². The summed E-state index contributed by atoms with van der Waals surface area (Å²) in [5.41, 5.74) is 1.45. The van der Waals surface area contributed by atoms with Gasteiger partial charge in [-0.25, -0.2) is 0 Å². The molecule has 4 aromatic carbocycles. The molecule has 0 spiro atoms. The van der Waals surface area contributed by atoms with Gasteiger partial charge in [0.15, 0.2) is 0 Å². The first-order chi connectivity index (χ1) is 17.7. The van der Waals surface area contributed by atoms with Crippen molar-refractivity contribution in [1.29, 1.82) is 0 Å². The fraction of sp³-hybridized carbons (Fsp3) is 0.103. The van der Waals surface area contributed by atoms with Gasteiger partial charge >= 0.3 is 6.18 Å². The number of hydrogen-bond acceptors (Lipinski definition) is 3. The minimum Gasteiger partial charge on any atom is -0.324 e. The van der Waals surface area contributed by atoms with E-state index in [2.05, 4.69) is 10.6 Å². The zero-order chi connectivity index (χ0) is 26.4. The molecule has 4 rings (SSSR count). The van der Waals surface area contributed by atoms with E-state index in [1.54, 1.807) is 66.7 Å². The number of amides is 2. The molecule has 0 aromatic heterocycles. The first-order valence-corrected chi connectivity index (χ1v) is 12.3. The highest BCUT2D eigenvalue weighted by molar-refractivity contribution is 8.00. The van der Waals surface area contributed by atoms with Crippen LogP contribution in [0.5, 0.6) is 0 Å². The van der Waals surface area contributed by atoms with Gasteiger partial charge in [-0.05, 0) is 60.5 Å². The number of para-hydroxylation sites is 1. The third kappa shape index (κ3) is 6.59. The lowest BCUT2D eigenvalue weighted by molar-refractivity contribution is -0.137. The third-order valence-corrected chi connectivity index (χ3v) is 6.85. The van der Waals surface area contributed by atoms with Gasteiger partial charge < -0.3 is 10.6 Å². The molecular formula is C29H23F3N2O2S. The van der Waals surface area contributed by atoms with Crippen LogP contribution >= 0.6 is 11.8 Å². The Balaban J connectivity index is 1.53. The van der Waals surface area contributed by atoms with Crippen LogP contribution in [-0.2, 0) is 11.0 Å². The van der Waals surface area contributed by atoms with Crippen LogP contribution in [0.25, 0.3) is 0 Å². The molecule has 188 valence electrons. The topological polar surface area (TPSA) is 58.2 Å². The molecule has 4 aromatic rings. The van der Waals surface area contributed by atoms with Gasteiger partial charge in [0.25, 0.3) is 5.91 Å². The molecule has 8 heteroatoms. The SMILES string of the molecule is Cc1ccccc1C(=O)Nc1ccc(SC(C(=O)Nc2ccccc2C(F)(F)F)c2ccccc2)cc1. The zero-order valence-electron chi connectivity index (χ0n) is 19.8. The highest BCUT2D eigenvalue weighted by Crippen LogP contribution is 2.39. The Morgan fingerprint density at radius 3 is 2.05 bits per heavy atom. The average molecular weight is 521 g/mol. The number of benzene rings is 4. The number of aryl methyl sites for hydroxylation is 1. The summed E-state index contributed by atoms with van der Waals surface area (Å²) in [4.78, 5) is 26.5. The molecule has 2 N–H and O–H groups in total. The molecule has 1 atom stereocenters. The maximum atomic E-state index is 13.4. The molecule has 0 bridgehead atoms. The Morgan fingerprint density at radius 2 is 1.38 bits per heavy atom. The molecule has 0 heterocycles. The molecule has 0 radical (unpaired) electrons. The number of anilines is 2. The number of nitrogens with one attached hydrogen (secondary N) is 2. The van der Waals surface area contributed by atoms with Crippen molar-refractivity contribution < 1.29 is 22.8 Å². The summed E-state index contributed by atoms with van der Waals surface area (Å²) in [5.74, 6) is -0.812. The molecule has 4 nitrogen and oxygen atoms in total. The van der Waals surface area contributed by atoms with Gasteiger partial charge in [-0.3, -0.25) is 9.59 Å². The number of carbonyl (C=O) groups is 2. The van der Waals surface area contributed by atoms with Crippen molar-refractivity contribution in [3.8, 4) is 0 Å². The van der Waals surface area contributed by atoms with Crippen LogP contribution < -0.4 is 10.6 Å². The molecule has 37 heavy (non-hydrogen) atoms. The lowest BCUT2D eigenvalue weighted by Crippen LogP contribution is -2.21. The number of thioether (sulfide) groups is 1. The summed E-state index contributed by atoms with van der Waals surface area (Å²) in [6.07, 6.45) is -4.60. The van der Waals surface area contributed by atoms with Crippen LogP contribution in [0.1, 0.15) is 32.3 Å². The van der Waals surface area contributed by atoms with Gasteiger partial charge in [-0.2, -0.15) is 13.2 Å². The third-order valence-electron chi connectivity index (χ3n) is 5.59. The van der Waals surface area contributed by atoms with Gasteiger partial charge in [0.1, 0.15) is 5.25 Å². The standard InChI is InChI=1S/C29H23F3N2O2S/c1-19-9-5-6-12-23(19)27(35)33-21-15-17-22(18-16-21)37-26(20-10-3-2-4-11-20)28(36)34-25-14-8-7-13-24(25)29(30,31)32/h2-18,26H,1H3,(H,33,35)(H,34,36). The molecular weight excluding hydrogens is 497 g/mol. The number of hydrogen-bond donors (Lipinski definition) is 2. The predicted octanol–water partition coefficient (Wildman–Crippen LogP) is 7.74. The Bertz CT molecular complexity index is 1390. The molecule has 0 saturated carbocycles. The molecule has 2 amide bonds. The Morgan fingerprint density at radius 1 is 0.757 bits per heavy atom. The lowest BCUT2D eigenvalue weighted by atomic mass is 10.1. The largest absolute Gasteiger partial charge is 0.418 e. The zero-order valence-corrected chi connectivity index (χ0v) is 20.6. The van der Waals surface area contributed by atoms with Crippen molar-refractivity contribution in [2.75, 3.05) is 10.6 Å². The fourth-order valence-corrected chi connectivity index (χ4v) is 4.74. The molecule has 0 aliphatic carbocycles. The van der Waals surface area contributed by atoms with E-state index in [0.717, 1.165) is 11.6 Å². The summed E-state index contributed by atoms with van der Waals surface area (Å²) >= 11 is 1.20. The van der Waals surface area contributed by atoms with E-state index in [4.69, 9.17) is 0 Å². The Labute approximate surface area is 216 Å². The molecule has 0 aliphatic heterocycles. The monoisotopic (exact) mass is 520 g/mol. The molecule has 0 fully saturated rings. The minimum atomic E-state index is -4.60. The summed E-state index contributed by atoms with van der Waals surface area (Å²) in [7, 11) is 0. The Kier molecular flexibility index (Phi) is 7.98. The normalized spacial score (nSPS) is 12.0. The highest BCUT2D eigenvalue weighted by Gasteiger charge is 2.34. The fourth-order valence-electron chi connectivity index (χ4n) is 3.72. The number of rotatable bonds is 7. The van der Waals surface area contributed by atoms with Crippen molar-refractivity contribution >= 4 is 35.0 Å². The maximum absolute atomic E-state index is 13.4. The van der Waals surface area contributed by atoms with E-state index in [9.17, 15) is 22.8 Å². The average Bonchev–Trinajstić information content (AvgIpc) is 2.88. The van der Waals surface area contributed by atoms with E-state index in [0.29, 0.717) is 21.7 Å².